The fourth-order valence-electron chi connectivity index (χ4n) is 3.70. The van der Waals surface area contributed by atoms with Gasteiger partial charge in [-0.3, -0.25) is 9.69 Å². The molecule has 0 bridgehead atoms. The van der Waals surface area contributed by atoms with E-state index in [1.54, 1.807) is 25.6 Å². The van der Waals surface area contributed by atoms with Gasteiger partial charge in [-0.05, 0) is 48.9 Å². The highest BCUT2D eigenvalue weighted by atomic mass is 32.1. The van der Waals surface area contributed by atoms with E-state index < -0.39 is 0 Å². The van der Waals surface area contributed by atoms with Gasteiger partial charge in [0.1, 0.15) is 5.01 Å². The number of thiazole rings is 1. The molecule has 0 aliphatic carbocycles. The minimum atomic E-state index is 0.133. The topological polar surface area (TPSA) is 54.9 Å². The molecule has 1 aliphatic rings. The highest BCUT2D eigenvalue weighted by Gasteiger charge is 2.23. The van der Waals surface area contributed by atoms with Crippen LogP contribution in [-0.4, -0.2) is 55.0 Å². The van der Waals surface area contributed by atoms with Crippen molar-refractivity contribution in [2.24, 2.45) is 0 Å². The van der Waals surface area contributed by atoms with E-state index in [0.717, 1.165) is 34.8 Å². The predicted octanol–water partition coefficient (Wildman–Crippen LogP) is 3.33. The molecular weight excluding hydrogens is 386 g/mol. The van der Waals surface area contributed by atoms with Gasteiger partial charge in [0.05, 0.1) is 37.5 Å². The average Bonchev–Trinajstić information content (AvgIpc) is 3.14. The molecule has 1 aliphatic heterocycles. The van der Waals surface area contributed by atoms with Gasteiger partial charge in [-0.25, -0.2) is 4.98 Å². The van der Waals surface area contributed by atoms with Crippen LogP contribution in [0, 0.1) is 0 Å². The van der Waals surface area contributed by atoms with Gasteiger partial charge >= 0.3 is 0 Å². The van der Waals surface area contributed by atoms with E-state index in [9.17, 15) is 4.79 Å². The monoisotopic (exact) mass is 411 g/mol. The van der Waals surface area contributed by atoms with Crippen LogP contribution >= 0.6 is 11.3 Å². The number of carbonyl (C=O) groups is 1. The first-order valence-corrected chi connectivity index (χ1v) is 10.4. The number of benzene rings is 2. The minimum absolute atomic E-state index is 0.133. The van der Waals surface area contributed by atoms with E-state index in [0.29, 0.717) is 25.4 Å². The Morgan fingerprint density at radius 2 is 1.90 bits per heavy atom. The Morgan fingerprint density at radius 1 is 1.17 bits per heavy atom. The molecule has 0 N–H and O–H groups in total. The van der Waals surface area contributed by atoms with E-state index in [4.69, 9.17) is 9.47 Å². The molecule has 2 aromatic carbocycles. The summed E-state index contributed by atoms with van der Waals surface area (Å²) in [5.41, 5.74) is 3.36. The number of nitrogens with zero attached hydrogens (tertiary/aromatic N) is 3. The molecule has 0 unspecified atom stereocenters. The Bertz CT molecular complexity index is 1000. The molecule has 0 fully saturated rings. The number of hydrogen-bond acceptors (Lipinski definition) is 6. The molecule has 0 atom stereocenters. The quantitative estimate of drug-likeness (QED) is 0.623. The highest BCUT2D eigenvalue weighted by Crippen LogP contribution is 2.33. The van der Waals surface area contributed by atoms with E-state index in [2.05, 4.69) is 11.1 Å². The SMILES string of the molecule is COc1cc2c(cc1OC)CN(C(=O)CN(C)Cc1nc3ccccc3s1)CC2. The fraction of sp³-hybridized carbons (Fsp3) is 0.364. The lowest BCUT2D eigenvalue weighted by Crippen LogP contribution is -2.41. The summed E-state index contributed by atoms with van der Waals surface area (Å²) in [6.45, 7) is 2.36. The molecule has 152 valence electrons. The summed E-state index contributed by atoms with van der Waals surface area (Å²) in [4.78, 5) is 21.5. The third kappa shape index (κ3) is 4.21. The van der Waals surface area contributed by atoms with Gasteiger partial charge in [-0.2, -0.15) is 0 Å². The van der Waals surface area contributed by atoms with Crippen LogP contribution in [0.25, 0.3) is 10.2 Å². The molecule has 0 radical (unpaired) electrons. The Balaban J connectivity index is 1.39. The average molecular weight is 412 g/mol. The lowest BCUT2D eigenvalue weighted by atomic mass is 9.98. The first-order valence-electron chi connectivity index (χ1n) is 9.62. The molecule has 0 saturated carbocycles. The van der Waals surface area contributed by atoms with E-state index >= 15 is 0 Å². The van der Waals surface area contributed by atoms with Crippen LogP contribution in [0.4, 0.5) is 0 Å². The second-order valence-corrected chi connectivity index (χ2v) is 8.40. The molecule has 1 aromatic heterocycles. The largest absolute Gasteiger partial charge is 0.493 e. The normalized spacial score (nSPS) is 13.6. The van der Waals surface area contributed by atoms with Gasteiger partial charge in [-0.1, -0.05) is 12.1 Å². The molecular formula is C22H25N3O3S. The van der Waals surface area contributed by atoms with Crippen molar-refractivity contribution >= 4 is 27.5 Å². The maximum Gasteiger partial charge on any atom is 0.237 e. The number of hydrogen-bond donors (Lipinski definition) is 0. The fourth-order valence-corrected chi connectivity index (χ4v) is 4.75. The molecule has 0 spiro atoms. The van der Waals surface area contributed by atoms with Crippen LogP contribution in [0.15, 0.2) is 36.4 Å². The van der Waals surface area contributed by atoms with Gasteiger partial charge in [0.25, 0.3) is 0 Å². The Morgan fingerprint density at radius 3 is 2.62 bits per heavy atom. The lowest BCUT2D eigenvalue weighted by molar-refractivity contribution is -0.133. The number of para-hydroxylation sites is 1. The highest BCUT2D eigenvalue weighted by molar-refractivity contribution is 7.18. The summed E-state index contributed by atoms with van der Waals surface area (Å²) < 4.78 is 12.0. The van der Waals surface area contributed by atoms with E-state index in [-0.39, 0.29) is 5.91 Å². The molecule has 7 heteroatoms. The van der Waals surface area contributed by atoms with Gasteiger partial charge in [0, 0.05) is 13.1 Å². The third-order valence-electron chi connectivity index (χ3n) is 5.22. The molecule has 6 nitrogen and oxygen atoms in total. The number of carbonyl (C=O) groups excluding carboxylic acids is 1. The zero-order valence-corrected chi connectivity index (χ0v) is 17.8. The van der Waals surface area contributed by atoms with Crippen LogP contribution in [-0.2, 0) is 24.3 Å². The van der Waals surface area contributed by atoms with Gasteiger partial charge < -0.3 is 14.4 Å². The smallest absolute Gasteiger partial charge is 0.237 e. The molecule has 0 saturated heterocycles. The molecule has 29 heavy (non-hydrogen) atoms. The van der Waals surface area contributed by atoms with Crippen LogP contribution in [0.5, 0.6) is 11.5 Å². The van der Waals surface area contributed by atoms with Crippen LogP contribution < -0.4 is 9.47 Å². The van der Waals surface area contributed by atoms with Gasteiger partial charge in [-0.15, -0.1) is 11.3 Å². The van der Waals surface area contributed by atoms with Crippen molar-refractivity contribution in [1.29, 1.82) is 0 Å². The number of aromatic nitrogens is 1. The van der Waals surface area contributed by atoms with Crippen LogP contribution in [0.3, 0.4) is 0 Å². The second-order valence-electron chi connectivity index (χ2n) is 7.29. The van der Waals surface area contributed by atoms with Crippen LogP contribution in [0.2, 0.25) is 0 Å². The number of methoxy groups -OCH3 is 2. The maximum absolute atomic E-state index is 12.9. The number of fused-ring (bicyclic) bond motifs is 2. The number of ether oxygens (including phenoxy) is 2. The molecule has 2 heterocycles. The van der Waals surface area contributed by atoms with E-state index in [1.165, 1.54) is 10.3 Å². The zero-order valence-electron chi connectivity index (χ0n) is 17.0. The molecule has 4 rings (SSSR count). The standard InChI is InChI=1S/C22H25N3O3S/c1-24(13-21-23-17-6-4-5-7-20(17)29-21)14-22(26)25-9-8-15-10-18(27-2)19(28-3)11-16(15)12-25/h4-7,10-11H,8-9,12-14H2,1-3H3. The van der Waals surface area contributed by atoms with Crippen molar-refractivity contribution in [1.82, 2.24) is 14.8 Å². The zero-order chi connectivity index (χ0) is 20.4. The van der Waals surface area contributed by atoms with Crippen molar-refractivity contribution in [2.75, 3.05) is 34.4 Å². The van der Waals surface area contributed by atoms with E-state index in [1.807, 2.05) is 47.2 Å². The summed E-state index contributed by atoms with van der Waals surface area (Å²) in [6.07, 6.45) is 0.822. The van der Waals surface area contributed by atoms with Crippen LogP contribution in [0.1, 0.15) is 16.1 Å². The van der Waals surface area contributed by atoms with Crippen molar-refractivity contribution in [3.8, 4) is 11.5 Å². The Hall–Kier alpha value is -2.64. The number of amides is 1. The van der Waals surface area contributed by atoms with Crippen molar-refractivity contribution in [3.63, 3.8) is 0 Å². The predicted molar refractivity (Wildman–Crippen MR) is 115 cm³/mol. The van der Waals surface area contributed by atoms with Crippen molar-refractivity contribution in [2.45, 2.75) is 19.5 Å². The lowest BCUT2D eigenvalue weighted by Gasteiger charge is -2.31. The maximum atomic E-state index is 12.9. The van der Waals surface area contributed by atoms with Gasteiger partial charge in [0.2, 0.25) is 5.91 Å². The third-order valence-corrected chi connectivity index (χ3v) is 6.24. The van der Waals surface area contributed by atoms with Gasteiger partial charge in [0.15, 0.2) is 11.5 Å². The summed E-state index contributed by atoms with van der Waals surface area (Å²) in [5.74, 6) is 1.57. The van der Waals surface area contributed by atoms with Crippen molar-refractivity contribution in [3.05, 3.63) is 52.5 Å². The first-order chi connectivity index (χ1) is 14.1. The molecule has 3 aromatic rings. The summed E-state index contributed by atoms with van der Waals surface area (Å²) in [5, 5.41) is 1.03. The minimum Gasteiger partial charge on any atom is -0.493 e. The summed E-state index contributed by atoms with van der Waals surface area (Å²) in [6, 6.07) is 12.1. The number of rotatable bonds is 6. The molecule has 1 amide bonds. The first kappa shape index (κ1) is 19.7. The summed E-state index contributed by atoms with van der Waals surface area (Å²) in [7, 11) is 5.24. The Labute approximate surface area is 174 Å². The summed E-state index contributed by atoms with van der Waals surface area (Å²) >= 11 is 1.68. The number of likely N-dealkylation sites (N-methyl/N-ethyl adjacent to an activating group) is 1. The Kier molecular flexibility index (Phi) is 5.69. The second kappa shape index (κ2) is 8.39. The van der Waals surface area contributed by atoms with Crippen molar-refractivity contribution < 1.29 is 14.3 Å².